The Kier molecular flexibility index (Phi) is 5.39. The van der Waals surface area contributed by atoms with Gasteiger partial charge >= 0.3 is 0 Å². The summed E-state index contributed by atoms with van der Waals surface area (Å²) < 4.78 is 56.5. The molecule has 0 aliphatic carbocycles. The van der Waals surface area contributed by atoms with Crippen molar-refractivity contribution in [1.29, 1.82) is 0 Å². The van der Waals surface area contributed by atoms with Crippen molar-refractivity contribution in [3.8, 4) is 11.4 Å². The fraction of sp³-hybridized carbons (Fsp3) is 0.0909. The maximum absolute atomic E-state index is 13.9. The smallest absolute Gasteiger partial charge is 0.264 e. The first kappa shape index (κ1) is 21.4. The Morgan fingerprint density at radius 2 is 1.72 bits per heavy atom. The van der Waals surface area contributed by atoms with Crippen molar-refractivity contribution in [2.75, 3.05) is 11.8 Å². The molecular weight excluding hydrogens is 438 g/mol. The number of hydrogen-bond acceptors (Lipinski definition) is 4. The molecule has 0 radical (unpaired) electrons. The van der Waals surface area contributed by atoms with Crippen molar-refractivity contribution in [2.45, 2.75) is 4.90 Å². The SMILES string of the molecule is CNC(=O)c1ccc(-c2nc3cc(NS(=O)(=O)c4cc(F)ccc4F)ccc3n2C)cc1. The zero-order valence-corrected chi connectivity index (χ0v) is 17.9. The number of fused-ring (bicyclic) bond motifs is 1. The average molecular weight is 456 g/mol. The van der Waals surface area contributed by atoms with Crippen molar-refractivity contribution in [1.82, 2.24) is 14.9 Å². The van der Waals surface area contributed by atoms with Crippen LogP contribution in [0.5, 0.6) is 0 Å². The molecule has 164 valence electrons. The number of hydrogen-bond donors (Lipinski definition) is 2. The number of nitrogens with one attached hydrogen (secondary N) is 2. The molecule has 0 aliphatic heterocycles. The maximum atomic E-state index is 13.9. The lowest BCUT2D eigenvalue weighted by Gasteiger charge is -2.09. The van der Waals surface area contributed by atoms with Gasteiger partial charge in [0, 0.05) is 25.2 Å². The number of aromatic nitrogens is 2. The second-order valence-corrected chi connectivity index (χ2v) is 8.69. The van der Waals surface area contributed by atoms with Gasteiger partial charge in [0.2, 0.25) is 0 Å². The minimum Gasteiger partial charge on any atom is -0.355 e. The molecule has 1 amide bonds. The monoisotopic (exact) mass is 456 g/mol. The largest absolute Gasteiger partial charge is 0.355 e. The zero-order valence-electron chi connectivity index (χ0n) is 17.1. The number of anilines is 1. The predicted molar refractivity (Wildman–Crippen MR) is 117 cm³/mol. The highest BCUT2D eigenvalue weighted by Gasteiger charge is 2.21. The lowest BCUT2D eigenvalue weighted by atomic mass is 10.1. The molecule has 0 unspecified atom stereocenters. The molecule has 1 heterocycles. The zero-order chi connectivity index (χ0) is 23.0. The predicted octanol–water partition coefficient (Wildman–Crippen LogP) is 3.68. The van der Waals surface area contributed by atoms with E-state index in [-0.39, 0.29) is 11.6 Å². The van der Waals surface area contributed by atoms with Crippen LogP contribution in [-0.4, -0.2) is 30.9 Å². The minimum absolute atomic E-state index is 0.153. The quantitative estimate of drug-likeness (QED) is 0.479. The highest BCUT2D eigenvalue weighted by Crippen LogP contribution is 2.27. The Morgan fingerprint density at radius 3 is 2.41 bits per heavy atom. The topological polar surface area (TPSA) is 93.1 Å². The van der Waals surface area contributed by atoms with E-state index in [0.29, 0.717) is 23.0 Å². The molecule has 0 atom stereocenters. The summed E-state index contributed by atoms with van der Waals surface area (Å²) in [5, 5.41) is 2.56. The Morgan fingerprint density at radius 1 is 1.00 bits per heavy atom. The molecule has 0 aliphatic rings. The van der Waals surface area contributed by atoms with Gasteiger partial charge < -0.3 is 9.88 Å². The number of sulfonamides is 1. The van der Waals surface area contributed by atoms with E-state index in [1.165, 1.54) is 12.1 Å². The molecule has 0 saturated heterocycles. The van der Waals surface area contributed by atoms with E-state index in [4.69, 9.17) is 0 Å². The van der Waals surface area contributed by atoms with E-state index in [0.717, 1.165) is 23.2 Å². The van der Waals surface area contributed by atoms with E-state index in [1.54, 1.807) is 37.4 Å². The van der Waals surface area contributed by atoms with Crippen molar-refractivity contribution >= 4 is 32.7 Å². The van der Waals surface area contributed by atoms with Crippen molar-refractivity contribution in [2.24, 2.45) is 7.05 Å². The van der Waals surface area contributed by atoms with Crippen LogP contribution in [0.15, 0.2) is 65.6 Å². The highest BCUT2D eigenvalue weighted by molar-refractivity contribution is 7.92. The summed E-state index contributed by atoms with van der Waals surface area (Å²) >= 11 is 0. The van der Waals surface area contributed by atoms with Gasteiger partial charge in [0.1, 0.15) is 22.4 Å². The molecule has 0 spiro atoms. The molecule has 4 aromatic rings. The third kappa shape index (κ3) is 3.92. The molecule has 2 N–H and O–H groups in total. The van der Waals surface area contributed by atoms with Crippen LogP contribution in [0.1, 0.15) is 10.4 Å². The summed E-state index contributed by atoms with van der Waals surface area (Å²) in [5.41, 5.74) is 2.66. The second-order valence-electron chi connectivity index (χ2n) is 7.03. The van der Waals surface area contributed by atoms with Crippen LogP contribution in [0.25, 0.3) is 22.4 Å². The maximum Gasteiger partial charge on any atom is 0.264 e. The lowest BCUT2D eigenvalue weighted by molar-refractivity contribution is 0.0963. The Hall–Kier alpha value is -3.79. The van der Waals surface area contributed by atoms with Gasteiger partial charge in [-0.2, -0.15) is 0 Å². The third-order valence-corrected chi connectivity index (χ3v) is 6.34. The molecule has 7 nitrogen and oxygen atoms in total. The van der Waals surface area contributed by atoms with E-state index < -0.39 is 26.6 Å². The minimum atomic E-state index is -4.34. The molecule has 0 fully saturated rings. The van der Waals surface area contributed by atoms with Crippen LogP contribution in [0.2, 0.25) is 0 Å². The summed E-state index contributed by atoms with van der Waals surface area (Å²) in [7, 11) is -0.983. The van der Waals surface area contributed by atoms with E-state index in [1.807, 2.05) is 11.6 Å². The molecule has 0 bridgehead atoms. The van der Waals surface area contributed by atoms with Gasteiger partial charge in [-0.25, -0.2) is 22.2 Å². The Balaban J connectivity index is 1.68. The fourth-order valence-electron chi connectivity index (χ4n) is 3.33. The van der Waals surface area contributed by atoms with Gasteiger partial charge in [-0.1, -0.05) is 12.1 Å². The average Bonchev–Trinajstić information content (AvgIpc) is 3.10. The Labute approximate surface area is 182 Å². The van der Waals surface area contributed by atoms with Gasteiger partial charge in [-0.15, -0.1) is 0 Å². The number of carbonyl (C=O) groups is 1. The number of halogens is 2. The Bertz CT molecular complexity index is 1450. The number of aryl methyl sites for hydroxylation is 1. The van der Waals surface area contributed by atoms with Crippen LogP contribution in [0.4, 0.5) is 14.5 Å². The second kappa shape index (κ2) is 8.04. The van der Waals surface area contributed by atoms with Gasteiger partial charge in [-0.3, -0.25) is 9.52 Å². The molecule has 32 heavy (non-hydrogen) atoms. The first-order valence-electron chi connectivity index (χ1n) is 9.46. The number of imidazole rings is 1. The van der Waals surface area contributed by atoms with Crippen LogP contribution < -0.4 is 10.0 Å². The standard InChI is InChI=1S/C22H18F2N4O3S/c1-25-22(29)14-5-3-13(4-6-14)21-26-18-12-16(8-10-19(18)28(21)2)27-32(30,31)20-11-15(23)7-9-17(20)24/h3-12,27H,1-2H3,(H,25,29). The molecular formula is C22H18F2N4O3S. The van der Waals surface area contributed by atoms with Crippen molar-refractivity contribution in [3.05, 3.63) is 77.9 Å². The number of nitrogens with zero attached hydrogens (tertiary/aromatic N) is 2. The molecule has 3 aromatic carbocycles. The summed E-state index contributed by atoms with van der Waals surface area (Å²) in [6, 6.07) is 13.8. The first-order valence-corrected chi connectivity index (χ1v) is 10.9. The third-order valence-electron chi connectivity index (χ3n) is 4.95. The summed E-state index contributed by atoms with van der Waals surface area (Å²) in [6.45, 7) is 0. The van der Waals surface area contributed by atoms with Crippen LogP contribution in [-0.2, 0) is 17.1 Å². The van der Waals surface area contributed by atoms with E-state index in [2.05, 4.69) is 15.0 Å². The lowest BCUT2D eigenvalue weighted by Crippen LogP contribution is -2.17. The number of benzene rings is 3. The van der Waals surface area contributed by atoms with Crippen molar-refractivity contribution < 1.29 is 22.0 Å². The van der Waals surface area contributed by atoms with Gasteiger partial charge in [0.25, 0.3) is 15.9 Å². The molecule has 1 aromatic heterocycles. The van der Waals surface area contributed by atoms with Gasteiger partial charge in [-0.05, 0) is 48.5 Å². The number of amides is 1. The van der Waals surface area contributed by atoms with E-state index in [9.17, 15) is 22.0 Å². The van der Waals surface area contributed by atoms with Crippen molar-refractivity contribution in [3.63, 3.8) is 0 Å². The van der Waals surface area contributed by atoms with E-state index >= 15 is 0 Å². The molecule has 4 rings (SSSR count). The summed E-state index contributed by atoms with van der Waals surface area (Å²) in [5.74, 6) is -1.51. The normalized spacial score (nSPS) is 11.5. The van der Waals surface area contributed by atoms with Crippen LogP contribution >= 0.6 is 0 Å². The van der Waals surface area contributed by atoms with Crippen LogP contribution in [0, 0.1) is 11.6 Å². The molecule has 0 saturated carbocycles. The summed E-state index contributed by atoms with van der Waals surface area (Å²) in [6.07, 6.45) is 0. The summed E-state index contributed by atoms with van der Waals surface area (Å²) in [4.78, 5) is 15.5. The van der Waals surface area contributed by atoms with Gasteiger partial charge in [0.05, 0.1) is 16.7 Å². The fourth-order valence-corrected chi connectivity index (χ4v) is 4.47. The van der Waals surface area contributed by atoms with Gasteiger partial charge in [0.15, 0.2) is 0 Å². The molecule has 10 heteroatoms. The number of carbonyl (C=O) groups excluding carboxylic acids is 1. The first-order chi connectivity index (χ1) is 15.2. The number of rotatable bonds is 5. The highest BCUT2D eigenvalue weighted by atomic mass is 32.2. The van der Waals surface area contributed by atoms with Crippen LogP contribution in [0.3, 0.4) is 0 Å².